The molecule has 0 bridgehead atoms. The Bertz CT molecular complexity index is 479. The maximum Gasteiger partial charge on any atom is 0.193 e. The summed E-state index contributed by atoms with van der Waals surface area (Å²) >= 11 is 0. The van der Waals surface area contributed by atoms with Gasteiger partial charge in [-0.25, -0.2) is 0 Å². The molecule has 1 N–H and O–H groups in total. The van der Waals surface area contributed by atoms with Crippen molar-refractivity contribution in [1.82, 2.24) is 15.2 Å². The van der Waals surface area contributed by atoms with Gasteiger partial charge in [-0.1, -0.05) is 13.8 Å². The molecule has 0 aromatic carbocycles. The smallest absolute Gasteiger partial charge is 0.193 e. The van der Waals surface area contributed by atoms with E-state index in [1.165, 1.54) is 17.5 Å². The SMILES string of the molecule is CN=C(NCCc1ccncc1C)N1CCC(C)(C)C1. The summed E-state index contributed by atoms with van der Waals surface area (Å²) in [7, 11) is 1.87. The van der Waals surface area contributed by atoms with Gasteiger partial charge in [-0.3, -0.25) is 9.98 Å². The van der Waals surface area contributed by atoms with Crippen LogP contribution in [0.5, 0.6) is 0 Å². The number of rotatable bonds is 3. The second-order valence-corrected chi connectivity index (χ2v) is 6.36. The van der Waals surface area contributed by atoms with E-state index in [-0.39, 0.29) is 0 Å². The van der Waals surface area contributed by atoms with Crippen LogP contribution in [0.15, 0.2) is 23.5 Å². The van der Waals surface area contributed by atoms with Gasteiger partial charge in [-0.05, 0) is 42.4 Å². The fourth-order valence-corrected chi connectivity index (χ4v) is 2.72. The molecule has 0 atom stereocenters. The minimum Gasteiger partial charge on any atom is -0.356 e. The lowest BCUT2D eigenvalue weighted by molar-refractivity contribution is 0.370. The van der Waals surface area contributed by atoms with Gasteiger partial charge in [0.1, 0.15) is 0 Å². The third-order valence-corrected chi connectivity index (χ3v) is 4.00. The summed E-state index contributed by atoms with van der Waals surface area (Å²) in [6.07, 6.45) is 6.02. The van der Waals surface area contributed by atoms with Crippen molar-refractivity contribution in [2.24, 2.45) is 10.4 Å². The van der Waals surface area contributed by atoms with Crippen LogP contribution in [0.3, 0.4) is 0 Å². The first-order valence-corrected chi connectivity index (χ1v) is 7.37. The van der Waals surface area contributed by atoms with Crippen LogP contribution in [0.25, 0.3) is 0 Å². The maximum atomic E-state index is 4.41. The topological polar surface area (TPSA) is 40.5 Å². The third kappa shape index (κ3) is 3.71. The molecule has 2 heterocycles. The van der Waals surface area contributed by atoms with Crippen LogP contribution in [0, 0.1) is 12.3 Å². The summed E-state index contributed by atoms with van der Waals surface area (Å²) in [5, 5.41) is 3.48. The molecule has 2 rings (SSSR count). The lowest BCUT2D eigenvalue weighted by Crippen LogP contribution is -2.41. The first-order valence-electron chi connectivity index (χ1n) is 7.37. The average Bonchev–Trinajstić information content (AvgIpc) is 2.77. The molecule has 20 heavy (non-hydrogen) atoms. The minimum absolute atomic E-state index is 0.402. The van der Waals surface area contributed by atoms with E-state index >= 15 is 0 Å². The molecule has 0 saturated carbocycles. The Morgan fingerprint density at radius 3 is 2.90 bits per heavy atom. The summed E-state index contributed by atoms with van der Waals surface area (Å²) in [5.41, 5.74) is 3.01. The Balaban J connectivity index is 1.85. The Morgan fingerprint density at radius 2 is 2.30 bits per heavy atom. The Labute approximate surface area is 122 Å². The molecular weight excluding hydrogens is 248 g/mol. The second kappa shape index (κ2) is 6.25. The van der Waals surface area contributed by atoms with E-state index in [1.54, 1.807) is 0 Å². The van der Waals surface area contributed by atoms with Crippen molar-refractivity contribution in [3.05, 3.63) is 29.6 Å². The Morgan fingerprint density at radius 1 is 1.50 bits per heavy atom. The van der Waals surface area contributed by atoms with Gasteiger partial charge in [-0.15, -0.1) is 0 Å². The highest BCUT2D eigenvalue weighted by molar-refractivity contribution is 5.80. The van der Waals surface area contributed by atoms with Gasteiger partial charge in [0.05, 0.1) is 0 Å². The highest BCUT2D eigenvalue weighted by Crippen LogP contribution is 2.28. The molecule has 1 aromatic heterocycles. The summed E-state index contributed by atoms with van der Waals surface area (Å²) in [6, 6.07) is 2.10. The van der Waals surface area contributed by atoms with Crippen molar-refractivity contribution in [2.45, 2.75) is 33.6 Å². The first-order chi connectivity index (χ1) is 9.52. The van der Waals surface area contributed by atoms with Crippen molar-refractivity contribution in [2.75, 3.05) is 26.7 Å². The highest BCUT2D eigenvalue weighted by atomic mass is 15.3. The Kier molecular flexibility index (Phi) is 4.63. The van der Waals surface area contributed by atoms with Gasteiger partial charge in [-0.2, -0.15) is 0 Å². The lowest BCUT2D eigenvalue weighted by atomic mass is 9.93. The molecule has 4 heteroatoms. The predicted octanol–water partition coefficient (Wildman–Crippen LogP) is 2.24. The summed E-state index contributed by atoms with van der Waals surface area (Å²) in [6.45, 7) is 9.84. The van der Waals surface area contributed by atoms with E-state index < -0.39 is 0 Å². The van der Waals surface area contributed by atoms with E-state index in [0.717, 1.165) is 32.0 Å². The molecule has 1 aromatic rings. The number of hydrogen-bond acceptors (Lipinski definition) is 2. The van der Waals surface area contributed by atoms with Crippen molar-refractivity contribution in [3.63, 3.8) is 0 Å². The van der Waals surface area contributed by atoms with Gasteiger partial charge >= 0.3 is 0 Å². The predicted molar refractivity (Wildman–Crippen MR) is 84.0 cm³/mol. The third-order valence-electron chi connectivity index (χ3n) is 4.00. The zero-order chi connectivity index (χ0) is 14.6. The molecule has 0 amide bonds. The van der Waals surface area contributed by atoms with E-state index in [4.69, 9.17) is 0 Å². The molecule has 1 fully saturated rings. The van der Waals surface area contributed by atoms with E-state index in [9.17, 15) is 0 Å². The zero-order valence-electron chi connectivity index (χ0n) is 13.1. The summed E-state index contributed by atoms with van der Waals surface area (Å²) < 4.78 is 0. The van der Waals surface area contributed by atoms with Crippen LogP contribution in [0.1, 0.15) is 31.4 Å². The first kappa shape index (κ1) is 14.8. The van der Waals surface area contributed by atoms with Crippen LogP contribution in [0.4, 0.5) is 0 Å². The fraction of sp³-hybridized carbons (Fsp3) is 0.625. The van der Waals surface area contributed by atoms with Crippen LogP contribution in [-0.4, -0.2) is 42.5 Å². The van der Waals surface area contributed by atoms with Gasteiger partial charge in [0.2, 0.25) is 0 Å². The standard InChI is InChI=1S/C16H26N4/c1-13-11-18-8-5-14(13)6-9-19-15(17-4)20-10-7-16(2,3)12-20/h5,8,11H,6-7,9-10,12H2,1-4H3,(H,17,19). The Hall–Kier alpha value is -1.58. The van der Waals surface area contributed by atoms with E-state index in [1.807, 2.05) is 19.4 Å². The molecule has 0 unspecified atom stereocenters. The van der Waals surface area contributed by atoms with Gasteiger partial charge in [0.15, 0.2) is 5.96 Å². The number of nitrogens with zero attached hydrogens (tertiary/aromatic N) is 3. The molecule has 110 valence electrons. The lowest BCUT2D eigenvalue weighted by Gasteiger charge is -2.23. The van der Waals surface area contributed by atoms with Crippen molar-refractivity contribution in [3.8, 4) is 0 Å². The van der Waals surface area contributed by atoms with Crippen LogP contribution < -0.4 is 5.32 Å². The molecule has 1 aliphatic rings. The van der Waals surface area contributed by atoms with E-state index in [2.05, 4.69) is 47.0 Å². The second-order valence-electron chi connectivity index (χ2n) is 6.36. The highest BCUT2D eigenvalue weighted by Gasteiger charge is 2.30. The molecule has 4 nitrogen and oxygen atoms in total. The van der Waals surface area contributed by atoms with Crippen molar-refractivity contribution < 1.29 is 0 Å². The molecule has 1 saturated heterocycles. The molecule has 0 radical (unpaired) electrons. The number of aromatic nitrogens is 1. The normalized spacial score (nSPS) is 18.4. The van der Waals surface area contributed by atoms with Crippen LogP contribution >= 0.6 is 0 Å². The fourth-order valence-electron chi connectivity index (χ4n) is 2.72. The summed E-state index contributed by atoms with van der Waals surface area (Å²) in [4.78, 5) is 10.9. The van der Waals surface area contributed by atoms with Gasteiger partial charge in [0, 0.05) is 39.1 Å². The average molecular weight is 274 g/mol. The number of nitrogens with one attached hydrogen (secondary N) is 1. The molecular formula is C16H26N4. The van der Waals surface area contributed by atoms with Crippen LogP contribution in [0.2, 0.25) is 0 Å². The van der Waals surface area contributed by atoms with Gasteiger partial charge in [0.25, 0.3) is 0 Å². The quantitative estimate of drug-likeness (QED) is 0.679. The molecule has 1 aliphatic heterocycles. The summed E-state index contributed by atoms with van der Waals surface area (Å²) in [5.74, 6) is 1.03. The molecule has 0 aliphatic carbocycles. The zero-order valence-corrected chi connectivity index (χ0v) is 13.1. The molecule has 0 spiro atoms. The van der Waals surface area contributed by atoms with Crippen LogP contribution in [-0.2, 0) is 6.42 Å². The van der Waals surface area contributed by atoms with E-state index in [0.29, 0.717) is 5.41 Å². The number of pyridine rings is 1. The number of hydrogen-bond donors (Lipinski definition) is 1. The van der Waals surface area contributed by atoms with Gasteiger partial charge < -0.3 is 10.2 Å². The number of aryl methyl sites for hydroxylation is 1. The number of likely N-dealkylation sites (tertiary alicyclic amines) is 1. The minimum atomic E-state index is 0.402. The largest absolute Gasteiger partial charge is 0.356 e. The maximum absolute atomic E-state index is 4.41. The monoisotopic (exact) mass is 274 g/mol. The number of guanidine groups is 1. The van der Waals surface area contributed by atoms with Crippen molar-refractivity contribution in [1.29, 1.82) is 0 Å². The number of aliphatic imine (C=N–C) groups is 1. The van der Waals surface area contributed by atoms with Crippen molar-refractivity contribution >= 4 is 5.96 Å².